The van der Waals surface area contributed by atoms with E-state index in [2.05, 4.69) is 45.0 Å². The number of hydrogen-bond acceptors (Lipinski definition) is 2. The first-order valence-corrected chi connectivity index (χ1v) is 7.39. The molecule has 2 rings (SSSR count). The standard InChI is InChI=1S/C19H24O2/c1-13(2)14(3)15-9-10-19(21-5)18(12-15)16-7-6-8-17(11-16)20-4/h6-14H,1-5H3. The highest BCUT2D eigenvalue weighted by molar-refractivity contribution is 5.72. The third-order valence-electron chi connectivity index (χ3n) is 4.13. The van der Waals surface area contributed by atoms with Crippen molar-refractivity contribution in [2.24, 2.45) is 5.92 Å². The van der Waals surface area contributed by atoms with Crippen LogP contribution in [0.5, 0.6) is 11.5 Å². The fourth-order valence-corrected chi connectivity index (χ4v) is 2.41. The molecule has 2 heteroatoms. The third-order valence-corrected chi connectivity index (χ3v) is 4.13. The Morgan fingerprint density at radius 3 is 2.24 bits per heavy atom. The minimum Gasteiger partial charge on any atom is -0.497 e. The van der Waals surface area contributed by atoms with E-state index >= 15 is 0 Å². The third kappa shape index (κ3) is 3.38. The van der Waals surface area contributed by atoms with Crippen LogP contribution in [0.25, 0.3) is 11.1 Å². The second-order valence-corrected chi connectivity index (χ2v) is 5.72. The predicted octanol–water partition coefficient (Wildman–Crippen LogP) is 5.13. The van der Waals surface area contributed by atoms with Gasteiger partial charge in [-0.05, 0) is 47.2 Å². The normalized spacial score (nSPS) is 12.3. The lowest BCUT2D eigenvalue weighted by molar-refractivity contribution is 0.413. The maximum absolute atomic E-state index is 5.53. The molecule has 0 aliphatic heterocycles. The summed E-state index contributed by atoms with van der Waals surface area (Å²) in [6.07, 6.45) is 0. The van der Waals surface area contributed by atoms with Gasteiger partial charge in [0.15, 0.2) is 0 Å². The van der Waals surface area contributed by atoms with E-state index in [1.165, 1.54) is 5.56 Å². The molecular formula is C19H24O2. The average molecular weight is 284 g/mol. The Morgan fingerprint density at radius 2 is 1.62 bits per heavy atom. The van der Waals surface area contributed by atoms with Crippen molar-refractivity contribution in [2.75, 3.05) is 14.2 Å². The highest BCUT2D eigenvalue weighted by Crippen LogP contribution is 2.35. The molecule has 2 aromatic carbocycles. The fourth-order valence-electron chi connectivity index (χ4n) is 2.41. The van der Waals surface area contributed by atoms with Crippen LogP contribution >= 0.6 is 0 Å². The van der Waals surface area contributed by atoms with Crippen LogP contribution in [0.1, 0.15) is 32.3 Å². The molecule has 0 aliphatic carbocycles. The Balaban J connectivity index is 2.51. The van der Waals surface area contributed by atoms with Crippen LogP contribution in [0.3, 0.4) is 0 Å². The lowest BCUT2D eigenvalue weighted by atomic mass is 9.88. The molecule has 0 aliphatic rings. The SMILES string of the molecule is COc1cccc(-c2cc(C(C)C(C)C)ccc2OC)c1. The minimum absolute atomic E-state index is 0.514. The van der Waals surface area contributed by atoms with Gasteiger partial charge in [0.2, 0.25) is 0 Å². The molecule has 0 heterocycles. The summed E-state index contributed by atoms with van der Waals surface area (Å²) in [6.45, 7) is 6.77. The van der Waals surface area contributed by atoms with E-state index in [1.807, 2.05) is 18.2 Å². The van der Waals surface area contributed by atoms with E-state index in [0.29, 0.717) is 11.8 Å². The summed E-state index contributed by atoms with van der Waals surface area (Å²) in [7, 11) is 3.40. The van der Waals surface area contributed by atoms with E-state index in [4.69, 9.17) is 9.47 Å². The molecular weight excluding hydrogens is 260 g/mol. The fraction of sp³-hybridized carbons (Fsp3) is 0.368. The lowest BCUT2D eigenvalue weighted by Gasteiger charge is -2.18. The van der Waals surface area contributed by atoms with Crippen LogP contribution < -0.4 is 9.47 Å². The van der Waals surface area contributed by atoms with Crippen molar-refractivity contribution in [3.8, 4) is 22.6 Å². The first kappa shape index (κ1) is 15.4. The Hall–Kier alpha value is -1.96. The summed E-state index contributed by atoms with van der Waals surface area (Å²) in [5.74, 6) is 2.87. The molecule has 2 aromatic rings. The zero-order valence-electron chi connectivity index (χ0n) is 13.5. The van der Waals surface area contributed by atoms with Crippen LogP contribution in [0.4, 0.5) is 0 Å². The molecule has 0 N–H and O–H groups in total. The Bertz CT molecular complexity index is 602. The van der Waals surface area contributed by atoms with Crippen molar-refractivity contribution in [3.05, 3.63) is 48.0 Å². The molecule has 0 fully saturated rings. The molecule has 0 spiro atoms. The summed E-state index contributed by atoms with van der Waals surface area (Å²) in [4.78, 5) is 0. The molecule has 21 heavy (non-hydrogen) atoms. The van der Waals surface area contributed by atoms with Gasteiger partial charge in [-0.2, -0.15) is 0 Å². The van der Waals surface area contributed by atoms with Gasteiger partial charge in [-0.15, -0.1) is 0 Å². The second-order valence-electron chi connectivity index (χ2n) is 5.72. The van der Waals surface area contributed by atoms with Crippen LogP contribution in [0, 0.1) is 5.92 Å². The molecule has 0 amide bonds. The van der Waals surface area contributed by atoms with Gasteiger partial charge in [0.05, 0.1) is 14.2 Å². The minimum atomic E-state index is 0.514. The van der Waals surface area contributed by atoms with E-state index < -0.39 is 0 Å². The van der Waals surface area contributed by atoms with Crippen molar-refractivity contribution < 1.29 is 9.47 Å². The van der Waals surface area contributed by atoms with Crippen LogP contribution in [0.15, 0.2) is 42.5 Å². The summed E-state index contributed by atoms with van der Waals surface area (Å²) < 4.78 is 10.9. The van der Waals surface area contributed by atoms with E-state index in [-0.39, 0.29) is 0 Å². The number of benzene rings is 2. The Kier molecular flexibility index (Phi) is 4.89. The van der Waals surface area contributed by atoms with Crippen molar-refractivity contribution in [2.45, 2.75) is 26.7 Å². The summed E-state index contributed by atoms with van der Waals surface area (Å²) >= 11 is 0. The van der Waals surface area contributed by atoms with Gasteiger partial charge in [-0.1, -0.05) is 39.0 Å². The first-order chi connectivity index (χ1) is 10.1. The van der Waals surface area contributed by atoms with Gasteiger partial charge in [-0.25, -0.2) is 0 Å². The number of rotatable bonds is 5. The maximum Gasteiger partial charge on any atom is 0.126 e. The van der Waals surface area contributed by atoms with Crippen molar-refractivity contribution in [1.82, 2.24) is 0 Å². The zero-order valence-corrected chi connectivity index (χ0v) is 13.5. The van der Waals surface area contributed by atoms with Gasteiger partial charge in [0, 0.05) is 5.56 Å². The molecule has 0 aromatic heterocycles. The maximum atomic E-state index is 5.53. The topological polar surface area (TPSA) is 18.5 Å². The second kappa shape index (κ2) is 6.66. The van der Waals surface area contributed by atoms with Crippen molar-refractivity contribution in [1.29, 1.82) is 0 Å². The predicted molar refractivity (Wildman–Crippen MR) is 88.2 cm³/mol. The summed E-state index contributed by atoms with van der Waals surface area (Å²) in [5, 5.41) is 0. The Labute approximate surface area is 127 Å². The van der Waals surface area contributed by atoms with Crippen LogP contribution in [0.2, 0.25) is 0 Å². The Morgan fingerprint density at radius 1 is 0.857 bits per heavy atom. The molecule has 112 valence electrons. The van der Waals surface area contributed by atoms with E-state index in [9.17, 15) is 0 Å². The van der Waals surface area contributed by atoms with E-state index in [1.54, 1.807) is 14.2 Å². The molecule has 1 unspecified atom stereocenters. The molecule has 0 saturated carbocycles. The molecule has 0 saturated heterocycles. The smallest absolute Gasteiger partial charge is 0.126 e. The number of methoxy groups -OCH3 is 2. The molecule has 1 atom stereocenters. The lowest BCUT2D eigenvalue weighted by Crippen LogP contribution is -2.02. The van der Waals surface area contributed by atoms with E-state index in [0.717, 1.165) is 22.6 Å². The van der Waals surface area contributed by atoms with Gasteiger partial charge in [0.25, 0.3) is 0 Å². The zero-order chi connectivity index (χ0) is 15.4. The summed E-state index contributed by atoms with van der Waals surface area (Å²) in [6, 6.07) is 14.5. The van der Waals surface area contributed by atoms with Crippen molar-refractivity contribution in [3.63, 3.8) is 0 Å². The van der Waals surface area contributed by atoms with Crippen LogP contribution in [-0.2, 0) is 0 Å². The molecule has 2 nitrogen and oxygen atoms in total. The van der Waals surface area contributed by atoms with Crippen LogP contribution in [-0.4, -0.2) is 14.2 Å². The highest BCUT2D eigenvalue weighted by atomic mass is 16.5. The molecule has 0 bridgehead atoms. The van der Waals surface area contributed by atoms with Gasteiger partial charge in [0.1, 0.15) is 11.5 Å². The number of ether oxygens (including phenoxy) is 2. The van der Waals surface area contributed by atoms with Crippen molar-refractivity contribution >= 4 is 0 Å². The monoisotopic (exact) mass is 284 g/mol. The van der Waals surface area contributed by atoms with Gasteiger partial charge in [-0.3, -0.25) is 0 Å². The quantitative estimate of drug-likeness (QED) is 0.757. The largest absolute Gasteiger partial charge is 0.497 e. The summed E-state index contributed by atoms with van der Waals surface area (Å²) in [5.41, 5.74) is 3.56. The van der Waals surface area contributed by atoms with Gasteiger partial charge >= 0.3 is 0 Å². The first-order valence-electron chi connectivity index (χ1n) is 7.39. The van der Waals surface area contributed by atoms with Gasteiger partial charge < -0.3 is 9.47 Å². The number of hydrogen-bond donors (Lipinski definition) is 0. The average Bonchev–Trinajstić information content (AvgIpc) is 2.53. The highest BCUT2D eigenvalue weighted by Gasteiger charge is 2.14. The molecule has 0 radical (unpaired) electrons.